The molecule has 228 valence electrons. The summed E-state index contributed by atoms with van der Waals surface area (Å²) in [7, 11) is 1.87. The Balaban J connectivity index is 1.36. The molecule has 2 N–H and O–H groups in total. The number of anilines is 1. The number of rotatable bonds is 7. The van der Waals surface area contributed by atoms with Crippen molar-refractivity contribution in [3.05, 3.63) is 51.9 Å². The molecule has 4 aromatic rings. The van der Waals surface area contributed by atoms with Crippen LogP contribution in [0.4, 0.5) is 19.0 Å². The fourth-order valence-corrected chi connectivity index (χ4v) is 7.20. The smallest absolute Gasteiger partial charge is 0.319 e. The van der Waals surface area contributed by atoms with Gasteiger partial charge in [-0.25, -0.2) is 13.2 Å². The minimum Gasteiger partial charge on any atom is -0.461 e. The molecule has 3 aromatic heterocycles. The zero-order chi connectivity index (χ0) is 30.6. The molecule has 3 aliphatic heterocycles. The van der Waals surface area contributed by atoms with Gasteiger partial charge in [-0.05, 0) is 50.9 Å². The van der Waals surface area contributed by atoms with Crippen LogP contribution in [0.5, 0.6) is 6.01 Å². The monoisotopic (exact) mass is 603 g/mol. The van der Waals surface area contributed by atoms with Gasteiger partial charge >= 0.3 is 6.01 Å². The summed E-state index contributed by atoms with van der Waals surface area (Å²) in [5.74, 6) is 1.24. The number of nitrogens with one attached hydrogen (secondary N) is 2. The molecule has 9 nitrogen and oxygen atoms in total. The number of benzene rings is 1. The Labute approximate surface area is 251 Å². The number of ether oxygens (including phenoxy) is 1. The molecule has 0 radical (unpaired) electrons. The van der Waals surface area contributed by atoms with Crippen molar-refractivity contribution in [3.63, 3.8) is 0 Å². The van der Waals surface area contributed by atoms with Crippen LogP contribution in [-0.4, -0.2) is 82.4 Å². The summed E-state index contributed by atoms with van der Waals surface area (Å²) in [4.78, 5) is 32.8. The van der Waals surface area contributed by atoms with Crippen molar-refractivity contribution in [2.45, 2.75) is 49.9 Å². The molecule has 3 atom stereocenters. The van der Waals surface area contributed by atoms with E-state index in [0.717, 1.165) is 50.9 Å². The number of pyridine rings is 2. The van der Waals surface area contributed by atoms with E-state index < -0.39 is 28.9 Å². The Morgan fingerprint density at radius 1 is 1.27 bits per heavy atom. The zero-order valence-corrected chi connectivity index (χ0v) is 24.3. The van der Waals surface area contributed by atoms with E-state index in [1.165, 1.54) is 12.3 Å². The van der Waals surface area contributed by atoms with Crippen LogP contribution in [0.15, 0.2) is 29.2 Å². The van der Waals surface area contributed by atoms with Crippen LogP contribution < -0.4 is 20.5 Å². The first-order chi connectivity index (χ1) is 21.3. The van der Waals surface area contributed by atoms with Gasteiger partial charge in [0.15, 0.2) is 5.82 Å². The summed E-state index contributed by atoms with van der Waals surface area (Å²) < 4.78 is 51.9. The van der Waals surface area contributed by atoms with E-state index >= 15 is 4.39 Å². The molecule has 0 bridgehead atoms. The molecule has 3 saturated heterocycles. The van der Waals surface area contributed by atoms with Crippen LogP contribution in [0.25, 0.3) is 33.1 Å². The molecule has 3 aliphatic rings. The van der Waals surface area contributed by atoms with Crippen molar-refractivity contribution >= 4 is 27.6 Å². The van der Waals surface area contributed by atoms with Gasteiger partial charge in [-0.2, -0.15) is 9.97 Å². The van der Waals surface area contributed by atoms with Crippen LogP contribution in [-0.2, 0) is 0 Å². The van der Waals surface area contributed by atoms with Gasteiger partial charge in [0.2, 0.25) is 5.56 Å². The molecule has 7 rings (SSSR count). The minimum absolute atomic E-state index is 0.0376. The highest BCUT2D eigenvalue weighted by molar-refractivity contribution is 6.00. The summed E-state index contributed by atoms with van der Waals surface area (Å²) in [6.45, 7) is 2.89. The number of nitrogens with zero attached hydrogens (tertiary/aromatic N) is 5. The normalized spacial score (nSPS) is 23.3. The fourth-order valence-electron chi connectivity index (χ4n) is 7.20. The number of halogens is 3. The number of terminal acetylenes is 1. The van der Waals surface area contributed by atoms with Gasteiger partial charge in [0.25, 0.3) is 0 Å². The van der Waals surface area contributed by atoms with Gasteiger partial charge in [0.05, 0.1) is 22.0 Å². The van der Waals surface area contributed by atoms with Crippen molar-refractivity contribution in [3.8, 4) is 29.6 Å². The van der Waals surface area contributed by atoms with Gasteiger partial charge < -0.3 is 19.9 Å². The minimum atomic E-state index is -0.926. The predicted molar refractivity (Wildman–Crippen MR) is 162 cm³/mol. The number of hydrogen-bond donors (Lipinski definition) is 2. The van der Waals surface area contributed by atoms with E-state index in [1.54, 1.807) is 0 Å². The number of H-pyrrole nitrogens is 1. The van der Waals surface area contributed by atoms with Crippen molar-refractivity contribution in [1.82, 2.24) is 30.2 Å². The Morgan fingerprint density at radius 3 is 2.93 bits per heavy atom. The van der Waals surface area contributed by atoms with Gasteiger partial charge in [-0.15, -0.1) is 6.42 Å². The van der Waals surface area contributed by atoms with Gasteiger partial charge in [-0.3, -0.25) is 14.7 Å². The Morgan fingerprint density at radius 2 is 2.14 bits per heavy atom. The SMILES string of the molecule is C#Cc1c(F)ccc2[nH]c(=O)cc(-c3ncc4c(N(C)C[C@@H]5CCCN5)nc(OC[C@@]56CCCN5C[C@H](F)C6)nc4c3F)c12. The van der Waals surface area contributed by atoms with E-state index in [-0.39, 0.29) is 51.9 Å². The summed E-state index contributed by atoms with van der Waals surface area (Å²) in [5, 5.41) is 3.98. The predicted octanol–water partition coefficient (Wildman–Crippen LogP) is 3.94. The molecular weight excluding hydrogens is 571 g/mol. The average molecular weight is 604 g/mol. The number of fused-ring (bicyclic) bond motifs is 3. The summed E-state index contributed by atoms with van der Waals surface area (Å²) in [6, 6.07) is 3.88. The Hall–Kier alpha value is -4.21. The number of aromatic nitrogens is 4. The van der Waals surface area contributed by atoms with Crippen LogP contribution in [0.2, 0.25) is 0 Å². The maximum absolute atomic E-state index is 16.6. The highest BCUT2D eigenvalue weighted by Crippen LogP contribution is 2.41. The maximum Gasteiger partial charge on any atom is 0.319 e. The second kappa shape index (κ2) is 11.1. The third kappa shape index (κ3) is 4.84. The van der Waals surface area contributed by atoms with Crippen molar-refractivity contribution in [2.24, 2.45) is 0 Å². The van der Waals surface area contributed by atoms with E-state index in [0.29, 0.717) is 30.7 Å². The van der Waals surface area contributed by atoms with Crippen molar-refractivity contribution < 1.29 is 17.9 Å². The summed E-state index contributed by atoms with van der Waals surface area (Å²) >= 11 is 0. The van der Waals surface area contributed by atoms with Gasteiger partial charge in [0.1, 0.15) is 35.6 Å². The summed E-state index contributed by atoms with van der Waals surface area (Å²) in [5.41, 5.74) is -1.06. The average Bonchev–Trinajstić information content (AvgIpc) is 3.72. The second-order valence-corrected chi connectivity index (χ2v) is 12.1. The third-order valence-corrected chi connectivity index (χ3v) is 9.25. The number of alkyl halides is 1. The lowest BCUT2D eigenvalue weighted by molar-refractivity contribution is 0.107. The largest absolute Gasteiger partial charge is 0.461 e. The first kappa shape index (κ1) is 28.6. The first-order valence-corrected chi connectivity index (χ1v) is 14.9. The molecular formula is C32H32F3N7O2. The molecule has 0 saturated carbocycles. The highest BCUT2D eigenvalue weighted by Gasteiger charge is 2.49. The fraction of sp³-hybridized carbons (Fsp3) is 0.438. The lowest BCUT2D eigenvalue weighted by Crippen LogP contribution is -2.43. The van der Waals surface area contributed by atoms with Crippen LogP contribution >= 0.6 is 0 Å². The topological polar surface area (TPSA) is 99.3 Å². The van der Waals surface area contributed by atoms with E-state index in [2.05, 4.69) is 31.1 Å². The highest BCUT2D eigenvalue weighted by atomic mass is 19.1. The lowest BCUT2D eigenvalue weighted by Gasteiger charge is -2.31. The van der Waals surface area contributed by atoms with E-state index in [1.807, 2.05) is 11.9 Å². The number of likely N-dealkylation sites (N-methyl/N-ethyl adjacent to an activating group) is 1. The molecule has 1 aromatic carbocycles. The van der Waals surface area contributed by atoms with Crippen LogP contribution in [0.3, 0.4) is 0 Å². The van der Waals surface area contributed by atoms with Gasteiger partial charge in [-0.1, -0.05) is 5.92 Å². The second-order valence-electron chi connectivity index (χ2n) is 12.1. The quantitative estimate of drug-likeness (QED) is 0.307. The molecule has 0 spiro atoms. The lowest BCUT2D eigenvalue weighted by atomic mass is 9.95. The number of aromatic amines is 1. The Bertz CT molecular complexity index is 1870. The molecule has 12 heteroatoms. The molecule has 6 heterocycles. The maximum atomic E-state index is 16.6. The van der Waals surface area contributed by atoms with Crippen molar-refractivity contribution in [2.75, 3.05) is 44.7 Å². The molecule has 0 unspecified atom stereocenters. The van der Waals surface area contributed by atoms with Crippen LogP contribution in [0.1, 0.15) is 37.7 Å². The molecule has 44 heavy (non-hydrogen) atoms. The molecule has 0 amide bonds. The Kier molecular flexibility index (Phi) is 7.17. The zero-order valence-electron chi connectivity index (χ0n) is 24.3. The van der Waals surface area contributed by atoms with E-state index in [9.17, 15) is 13.6 Å². The molecule has 0 aliphatic carbocycles. The number of hydrogen-bond acceptors (Lipinski definition) is 8. The standard InChI is InChI=1S/C32H32F3N7O2/c1-3-20-23(34)7-8-24-26(20)21(12-25(43)38-24)28-27(35)29-22(14-37-28)30(41(2)16-19-6-4-10-36-19)40-31(39-29)44-17-32-9-5-11-42(32)15-18(33)13-32/h1,7-8,12,14,18-19,36H,4-6,9-11,13,15-17H2,2H3,(H,38,43)/t18-,19+,32+/m1/s1. The third-order valence-electron chi connectivity index (χ3n) is 9.25. The molecule has 3 fully saturated rings. The van der Waals surface area contributed by atoms with E-state index in [4.69, 9.17) is 16.1 Å². The summed E-state index contributed by atoms with van der Waals surface area (Å²) in [6.07, 6.45) is 10.3. The van der Waals surface area contributed by atoms with Crippen LogP contribution in [0, 0.1) is 24.0 Å². The first-order valence-electron chi connectivity index (χ1n) is 14.9. The van der Waals surface area contributed by atoms with Crippen molar-refractivity contribution in [1.29, 1.82) is 0 Å². The van der Waals surface area contributed by atoms with Gasteiger partial charge in [0, 0.05) is 55.8 Å².